The minimum Gasteiger partial charge on any atom is -0.493 e. The maximum atomic E-state index is 12.9. The average molecular weight is 453 g/mol. The van der Waals surface area contributed by atoms with E-state index in [1.165, 1.54) is 0 Å². The maximum Gasteiger partial charge on any atom is 0.258 e. The standard InChI is InChI=1S/C24H28N4O5/c29-22(25-12-21-26-19-6-9-32-14-18(19)24(31)27-21)13-28-7-3-15(4-8-28)23(30)17-1-2-20-16(11-17)5-10-33-20/h1-2,11,15,18H,3-10,12-14H2,(H,25,29). The van der Waals surface area contributed by atoms with Crippen LogP contribution in [-0.4, -0.2) is 80.0 Å². The Kier molecular flexibility index (Phi) is 6.32. The molecular weight excluding hydrogens is 424 g/mol. The molecule has 1 unspecified atom stereocenters. The summed E-state index contributed by atoms with van der Waals surface area (Å²) in [6, 6.07) is 5.72. The molecule has 0 aromatic heterocycles. The highest BCUT2D eigenvalue weighted by Gasteiger charge is 2.32. The maximum absolute atomic E-state index is 12.9. The lowest BCUT2D eigenvalue weighted by Crippen LogP contribution is -2.44. The second-order valence-corrected chi connectivity index (χ2v) is 8.96. The molecule has 4 heterocycles. The number of likely N-dealkylation sites (tertiary alicyclic amines) is 1. The quantitative estimate of drug-likeness (QED) is 0.646. The van der Waals surface area contributed by atoms with E-state index >= 15 is 0 Å². The SMILES string of the molecule is O=C(CN1CCC(C(=O)c2ccc3c(c2)CCO3)CC1)NCC1=NC(=O)C2COCCC2=N1. The van der Waals surface area contributed by atoms with Crippen molar-refractivity contribution in [1.29, 1.82) is 0 Å². The molecule has 174 valence electrons. The largest absolute Gasteiger partial charge is 0.493 e. The van der Waals surface area contributed by atoms with Crippen LogP contribution in [0.2, 0.25) is 0 Å². The molecule has 2 amide bonds. The lowest BCUT2D eigenvalue weighted by molar-refractivity contribution is -0.123. The number of nitrogens with one attached hydrogen (secondary N) is 1. The van der Waals surface area contributed by atoms with Crippen molar-refractivity contribution in [2.45, 2.75) is 25.7 Å². The number of carbonyl (C=O) groups is 3. The molecule has 4 aliphatic rings. The molecule has 0 bridgehead atoms. The summed E-state index contributed by atoms with van der Waals surface area (Å²) in [7, 11) is 0. The molecule has 4 aliphatic heterocycles. The molecule has 1 aromatic rings. The number of amides is 2. The molecule has 1 atom stereocenters. The number of Topliss-reactive ketones (excluding diaryl/α,β-unsaturated/α-hetero) is 1. The third-order valence-electron chi connectivity index (χ3n) is 6.74. The number of rotatable bonds is 6. The number of piperidine rings is 1. The number of amidine groups is 1. The number of hydrogen-bond donors (Lipinski definition) is 1. The Morgan fingerprint density at radius 1 is 1.12 bits per heavy atom. The normalized spacial score (nSPS) is 23.2. The number of ether oxygens (including phenoxy) is 2. The van der Waals surface area contributed by atoms with Gasteiger partial charge in [-0.25, -0.2) is 4.99 Å². The molecule has 0 radical (unpaired) electrons. The topological polar surface area (TPSA) is 110 Å². The van der Waals surface area contributed by atoms with E-state index in [1.54, 1.807) is 0 Å². The number of nitrogens with zero attached hydrogens (tertiary/aromatic N) is 3. The molecule has 0 saturated carbocycles. The van der Waals surface area contributed by atoms with E-state index in [0.29, 0.717) is 45.2 Å². The van der Waals surface area contributed by atoms with Crippen LogP contribution in [0.25, 0.3) is 0 Å². The lowest BCUT2D eigenvalue weighted by atomic mass is 9.88. The molecule has 1 aromatic carbocycles. The van der Waals surface area contributed by atoms with Gasteiger partial charge in [-0.2, -0.15) is 4.99 Å². The predicted molar refractivity (Wildman–Crippen MR) is 121 cm³/mol. The third-order valence-corrected chi connectivity index (χ3v) is 6.74. The van der Waals surface area contributed by atoms with Crippen molar-refractivity contribution in [3.8, 4) is 5.75 Å². The Bertz CT molecular complexity index is 1030. The molecule has 2 fully saturated rings. The summed E-state index contributed by atoms with van der Waals surface area (Å²) in [6.07, 6.45) is 2.94. The van der Waals surface area contributed by atoms with Gasteiger partial charge >= 0.3 is 0 Å². The van der Waals surface area contributed by atoms with Crippen molar-refractivity contribution >= 4 is 29.1 Å². The highest BCUT2D eigenvalue weighted by molar-refractivity contribution is 6.17. The summed E-state index contributed by atoms with van der Waals surface area (Å²) in [5, 5.41) is 2.82. The van der Waals surface area contributed by atoms with E-state index < -0.39 is 0 Å². The van der Waals surface area contributed by atoms with Gasteiger partial charge in [0.2, 0.25) is 5.91 Å². The first-order valence-electron chi connectivity index (χ1n) is 11.6. The Hall–Kier alpha value is -2.91. The fraction of sp³-hybridized carbons (Fsp3) is 0.542. The Labute approximate surface area is 192 Å². The van der Waals surface area contributed by atoms with Gasteiger partial charge in [-0.1, -0.05) is 0 Å². The molecule has 5 rings (SSSR count). The minimum atomic E-state index is -0.368. The second kappa shape index (κ2) is 9.52. The van der Waals surface area contributed by atoms with Crippen molar-refractivity contribution in [2.24, 2.45) is 21.8 Å². The van der Waals surface area contributed by atoms with Crippen LogP contribution in [0.1, 0.15) is 35.2 Å². The van der Waals surface area contributed by atoms with E-state index in [9.17, 15) is 14.4 Å². The first-order chi connectivity index (χ1) is 16.1. The van der Waals surface area contributed by atoms with E-state index in [-0.39, 0.29) is 42.5 Å². The summed E-state index contributed by atoms with van der Waals surface area (Å²) in [5.74, 6) is 0.650. The van der Waals surface area contributed by atoms with Crippen LogP contribution < -0.4 is 10.1 Å². The van der Waals surface area contributed by atoms with Crippen molar-refractivity contribution in [2.75, 3.05) is 46.0 Å². The van der Waals surface area contributed by atoms with Crippen LogP contribution >= 0.6 is 0 Å². The summed E-state index contributed by atoms with van der Waals surface area (Å²) in [6.45, 7) is 3.36. The Morgan fingerprint density at radius 2 is 1.97 bits per heavy atom. The van der Waals surface area contributed by atoms with Gasteiger partial charge in [0, 0.05) is 30.0 Å². The smallest absolute Gasteiger partial charge is 0.258 e. The van der Waals surface area contributed by atoms with E-state index in [2.05, 4.69) is 20.2 Å². The third kappa shape index (κ3) is 4.89. The van der Waals surface area contributed by atoms with Gasteiger partial charge in [-0.3, -0.25) is 19.3 Å². The fourth-order valence-electron chi connectivity index (χ4n) is 4.84. The molecular formula is C24H28N4O5. The molecule has 1 N–H and O–H groups in total. The van der Waals surface area contributed by atoms with Gasteiger partial charge in [0.25, 0.3) is 5.91 Å². The number of carbonyl (C=O) groups excluding carboxylic acids is 3. The number of aliphatic imine (C=N–C) groups is 2. The molecule has 9 heteroatoms. The van der Waals surface area contributed by atoms with Crippen LogP contribution in [0.4, 0.5) is 0 Å². The summed E-state index contributed by atoms with van der Waals surface area (Å²) < 4.78 is 10.8. The van der Waals surface area contributed by atoms with Gasteiger partial charge in [0.1, 0.15) is 11.7 Å². The first kappa shape index (κ1) is 21.9. The van der Waals surface area contributed by atoms with Crippen molar-refractivity contribution in [3.05, 3.63) is 29.3 Å². The van der Waals surface area contributed by atoms with E-state index in [0.717, 1.165) is 41.9 Å². The van der Waals surface area contributed by atoms with Crippen molar-refractivity contribution in [1.82, 2.24) is 10.2 Å². The predicted octanol–water partition coefficient (Wildman–Crippen LogP) is 1.05. The van der Waals surface area contributed by atoms with E-state index in [4.69, 9.17) is 9.47 Å². The van der Waals surface area contributed by atoms with Crippen molar-refractivity contribution in [3.63, 3.8) is 0 Å². The van der Waals surface area contributed by atoms with Gasteiger partial charge in [-0.05, 0) is 49.7 Å². The second-order valence-electron chi connectivity index (χ2n) is 8.96. The van der Waals surface area contributed by atoms with Crippen LogP contribution in [-0.2, 0) is 20.7 Å². The summed E-state index contributed by atoms with van der Waals surface area (Å²) in [4.78, 5) is 48.0. The van der Waals surface area contributed by atoms with Crippen molar-refractivity contribution < 1.29 is 23.9 Å². The lowest BCUT2D eigenvalue weighted by Gasteiger charge is -2.30. The molecule has 9 nitrogen and oxygen atoms in total. The minimum absolute atomic E-state index is 0.0180. The summed E-state index contributed by atoms with van der Waals surface area (Å²) >= 11 is 0. The van der Waals surface area contributed by atoms with Crippen LogP contribution in [0, 0.1) is 11.8 Å². The van der Waals surface area contributed by atoms with Gasteiger partial charge in [0.05, 0.1) is 32.9 Å². The number of benzene rings is 1. The number of fused-ring (bicyclic) bond motifs is 2. The average Bonchev–Trinajstić information content (AvgIpc) is 3.31. The Balaban J connectivity index is 1.07. The van der Waals surface area contributed by atoms with E-state index in [1.807, 2.05) is 18.2 Å². The van der Waals surface area contributed by atoms with Gasteiger partial charge in [0.15, 0.2) is 11.6 Å². The number of hydrogen-bond acceptors (Lipinski definition) is 7. The first-order valence-corrected chi connectivity index (χ1v) is 11.6. The molecule has 33 heavy (non-hydrogen) atoms. The zero-order chi connectivity index (χ0) is 22.8. The molecule has 0 spiro atoms. The van der Waals surface area contributed by atoms with Gasteiger partial charge < -0.3 is 14.8 Å². The van der Waals surface area contributed by atoms with Crippen LogP contribution in [0.3, 0.4) is 0 Å². The zero-order valence-electron chi connectivity index (χ0n) is 18.5. The molecule has 0 aliphatic carbocycles. The highest BCUT2D eigenvalue weighted by atomic mass is 16.5. The fourth-order valence-corrected chi connectivity index (χ4v) is 4.84. The zero-order valence-corrected chi connectivity index (χ0v) is 18.5. The van der Waals surface area contributed by atoms with Gasteiger partial charge in [-0.15, -0.1) is 0 Å². The highest BCUT2D eigenvalue weighted by Crippen LogP contribution is 2.28. The van der Waals surface area contributed by atoms with Crippen LogP contribution in [0.5, 0.6) is 5.75 Å². The monoisotopic (exact) mass is 452 g/mol. The summed E-state index contributed by atoms with van der Waals surface area (Å²) in [5.41, 5.74) is 2.66. The molecule has 2 saturated heterocycles. The van der Waals surface area contributed by atoms with Crippen LogP contribution in [0.15, 0.2) is 28.2 Å². The number of ketones is 1. The Morgan fingerprint density at radius 3 is 2.82 bits per heavy atom.